The van der Waals surface area contributed by atoms with Crippen LogP contribution in [-0.4, -0.2) is 94.8 Å². The molecule has 0 saturated heterocycles. The standard InChI is InChI=1S/C43H47N5O9S/c1-24(52)58-23-37(53)45-31(20-49)41(55)47-33(22-51)42(56)46-32(21-50)40(54)44-29-15-12-27-18-28-10-7-9-26(39(28)57-35(27)19-29)14-17-36-43(2,3)38-30-11-6-5-8-25(30)13-16-34(38)48(36)4/h5-6,8,11-19,31-33,49-51H,7,9-10,20-23H2,1-4H3,(H,45,53)(H,46,56)(H,47,55)/b26-14+,36-17+,44-29?/t31?,32?,33-/m1/s1. The summed E-state index contributed by atoms with van der Waals surface area (Å²) in [6.07, 6.45) is 6.94. The van der Waals surface area contributed by atoms with Gasteiger partial charge in [0.15, 0.2) is 5.12 Å². The molecule has 0 fully saturated rings. The Labute approximate surface area is 339 Å². The number of carbonyl (C=O) groups is 5. The maximum atomic E-state index is 13.2. The second-order valence-electron chi connectivity index (χ2n) is 14.8. The van der Waals surface area contributed by atoms with Gasteiger partial charge in [0.25, 0.3) is 5.91 Å². The number of likely N-dealkylation sites (N-methyl/N-ethyl adjacent to an activating group) is 1. The molecule has 0 spiro atoms. The number of hydrogen-bond donors (Lipinski definition) is 6. The van der Waals surface area contributed by atoms with E-state index in [0.717, 1.165) is 47.4 Å². The van der Waals surface area contributed by atoms with Crippen molar-refractivity contribution in [2.45, 2.75) is 63.6 Å². The molecule has 2 unspecified atom stereocenters. The fourth-order valence-electron chi connectivity index (χ4n) is 7.53. The summed E-state index contributed by atoms with van der Waals surface area (Å²) >= 11 is 0.706. The van der Waals surface area contributed by atoms with Gasteiger partial charge in [0.1, 0.15) is 29.6 Å². The molecule has 0 saturated carbocycles. The lowest BCUT2D eigenvalue weighted by Gasteiger charge is -2.25. The molecule has 2 aliphatic heterocycles. The lowest BCUT2D eigenvalue weighted by atomic mass is 9.81. The van der Waals surface area contributed by atoms with Crippen LogP contribution in [0.4, 0.5) is 5.69 Å². The summed E-state index contributed by atoms with van der Waals surface area (Å²) in [7, 11) is 2.10. The summed E-state index contributed by atoms with van der Waals surface area (Å²) in [6.45, 7) is 3.18. The first-order chi connectivity index (χ1) is 27.7. The van der Waals surface area contributed by atoms with Crippen molar-refractivity contribution >= 4 is 62.5 Å². The van der Waals surface area contributed by atoms with Crippen LogP contribution in [0.2, 0.25) is 0 Å². The van der Waals surface area contributed by atoms with Gasteiger partial charge in [-0.15, -0.1) is 0 Å². The number of fused-ring (bicyclic) bond motifs is 5. The summed E-state index contributed by atoms with van der Waals surface area (Å²) < 4.78 is 6.51. The van der Waals surface area contributed by atoms with Gasteiger partial charge >= 0.3 is 0 Å². The lowest BCUT2D eigenvalue weighted by molar-refractivity contribution is -0.134. The maximum absolute atomic E-state index is 13.2. The Kier molecular flexibility index (Phi) is 13.0. The Morgan fingerprint density at radius 2 is 1.57 bits per heavy atom. The molecule has 0 bridgehead atoms. The zero-order chi connectivity index (χ0) is 41.7. The van der Waals surface area contributed by atoms with E-state index in [2.05, 4.69) is 101 Å². The number of rotatable bonds is 12. The highest BCUT2D eigenvalue weighted by Crippen LogP contribution is 2.50. The van der Waals surface area contributed by atoms with Crippen molar-refractivity contribution in [3.05, 3.63) is 101 Å². The SMILES string of the molecule is CC(=O)SCC(=O)NC(CO)C(=O)N[C@H](CO)C(=O)NC(CO)C(=O)N=c1ccc2cc3c(oc-2c1)/C(=C/C=C1/N(C)c2ccc4ccccc4c2C1(C)C)CCC3. The summed E-state index contributed by atoms with van der Waals surface area (Å²) in [5.74, 6) is -2.67. The highest BCUT2D eigenvalue weighted by Gasteiger charge is 2.39. The number of carbonyl (C=O) groups excluding carboxylic acids is 5. The number of thioether (sulfide) groups is 1. The molecule has 2 aromatic carbocycles. The average Bonchev–Trinajstić information content (AvgIpc) is 3.41. The fraction of sp³-hybridized carbons (Fsp3) is 0.349. The summed E-state index contributed by atoms with van der Waals surface area (Å²) in [4.78, 5) is 68.4. The van der Waals surface area contributed by atoms with Crippen LogP contribution in [0.1, 0.15) is 50.5 Å². The Hall–Kier alpha value is -5.61. The van der Waals surface area contributed by atoms with E-state index in [-0.39, 0.29) is 21.6 Å². The minimum atomic E-state index is -1.61. The molecule has 0 aromatic heterocycles. The number of nitrogens with zero attached hydrogens (tertiary/aromatic N) is 2. The van der Waals surface area contributed by atoms with Gasteiger partial charge in [0, 0.05) is 42.4 Å². The normalized spacial score (nSPS) is 17.8. The first-order valence-electron chi connectivity index (χ1n) is 18.9. The molecule has 2 heterocycles. The van der Waals surface area contributed by atoms with E-state index in [0.29, 0.717) is 17.5 Å². The van der Waals surface area contributed by atoms with Crippen LogP contribution in [-0.2, 0) is 35.8 Å². The van der Waals surface area contributed by atoms with E-state index < -0.39 is 61.6 Å². The van der Waals surface area contributed by atoms with Crippen molar-refractivity contribution in [2.75, 3.05) is 37.5 Å². The molecule has 15 heteroatoms. The van der Waals surface area contributed by atoms with Crippen molar-refractivity contribution in [1.82, 2.24) is 16.0 Å². The van der Waals surface area contributed by atoms with Crippen LogP contribution in [0.5, 0.6) is 0 Å². The van der Waals surface area contributed by atoms with Gasteiger partial charge in [-0.25, -0.2) is 4.99 Å². The average molecular weight is 810 g/mol. The molecule has 6 N–H and O–H groups in total. The van der Waals surface area contributed by atoms with Gasteiger partial charge in [-0.05, 0) is 77.1 Å². The highest BCUT2D eigenvalue weighted by molar-refractivity contribution is 8.14. The van der Waals surface area contributed by atoms with Crippen molar-refractivity contribution in [2.24, 2.45) is 4.99 Å². The second kappa shape index (κ2) is 17.9. The highest BCUT2D eigenvalue weighted by atomic mass is 32.2. The fourth-order valence-corrected chi connectivity index (χ4v) is 7.95. The van der Waals surface area contributed by atoms with Crippen LogP contribution in [0.25, 0.3) is 27.7 Å². The van der Waals surface area contributed by atoms with Gasteiger partial charge < -0.3 is 40.6 Å². The maximum Gasteiger partial charge on any atom is 0.271 e. The van der Waals surface area contributed by atoms with Gasteiger partial charge in [0.05, 0.1) is 30.9 Å². The predicted octanol–water partition coefficient (Wildman–Crippen LogP) is 2.71. The Bertz CT molecular complexity index is 2370. The quantitative estimate of drug-likeness (QED) is 0.123. The van der Waals surface area contributed by atoms with Crippen LogP contribution in [0, 0.1) is 0 Å². The molecule has 4 amide bonds. The summed E-state index contributed by atoms with van der Waals surface area (Å²) in [5, 5.41) is 38.5. The molecular weight excluding hydrogens is 763 g/mol. The topological polar surface area (TPSA) is 211 Å². The number of aliphatic hydroxyl groups is 3. The largest absolute Gasteiger partial charge is 0.456 e. The number of aryl methyl sites for hydroxylation is 1. The van der Waals surface area contributed by atoms with Gasteiger partial charge in [-0.2, -0.15) is 0 Å². The number of aliphatic hydroxyl groups excluding tert-OH is 3. The van der Waals surface area contributed by atoms with E-state index in [1.807, 2.05) is 0 Å². The number of amides is 4. The van der Waals surface area contributed by atoms with Gasteiger partial charge in [-0.1, -0.05) is 62.0 Å². The second-order valence-corrected chi connectivity index (χ2v) is 16.0. The smallest absolute Gasteiger partial charge is 0.271 e. The number of anilines is 1. The third-order valence-electron chi connectivity index (χ3n) is 10.4. The Morgan fingerprint density at radius 3 is 2.28 bits per heavy atom. The first kappa shape index (κ1) is 42.0. The molecule has 3 atom stereocenters. The molecule has 58 heavy (non-hydrogen) atoms. The van der Waals surface area contributed by atoms with Crippen molar-refractivity contribution < 1.29 is 43.7 Å². The van der Waals surface area contributed by atoms with E-state index >= 15 is 0 Å². The van der Waals surface area contributed by atoms with E-state index in [4.69, 9.17) is 4.42 Å². The zero-order valence-corrected chi connectivity index (χ0v) is 33.5. The number of hydrogen-bond acceptors (Lipinski definition) is 11. The molecule has 2 aromatic rings. The monoisotopic (exact) mass is 809 g/mol. The lowest BCUT2D eigenvalue weighted by Crippen LogP contribution is -2.58. The number of benzene rings is 3. The van der Waals surface area contributed by atoms with Crippen LogP contribution >= 0.6 is 11.8 Å². The minimum absolute atomic E-state index is 0.216. The van der Waals surface area contributed by atoms with E-state index in [9.17, 15) is 39.3 Å². The van der Waals surface area contributed by atoms with Crippen LogP contribution in [0.3, 0.4) is 0 Å². The molecule has 304 valence electrons. The first-order valence-corrected chi connectivity index (χ1v) is 19.9. The molecular formula is C43H47N5O9S. The van der Waals surface area contributed by atoms with Crippen LogP contribution in [0.15, 0.2) is 87.9 Å². The van der Waals surface area contributed by atoms with Crippen molar-refractivity contribution in [3.63, 3.8) is 0 Å². The predicted molar refractivity (Wildman–Crippen MR) is 220 cm³/mol. The molecule has 14 nitrogen and oxygen atoms in total. The van der Waals surface area contributed by atoms with Gasteiger partial charge in [0.2, 0.25) is 17.7 Å². The number of allylic oxidation sites excluding steroid dienone is 4. The summed E-state index contributed by atoms with van der Waals surface area (Å²) in [6, 6.07) is 15.3. The third kappa shape index (κ3) is 8.92. The van der Waals surface area contributed by atoms with Crippen LogP contribution < -0.4 is 26.2 Å². The third-order valence-corrected chi connectivity index (χ3v) is 11.3. The Morgan fingerprint density at radius 1 is 0.879 bits per heavy atom. The molecule has 4 aliphatic rings. The minimum Gasteiger partial charge on any atom is -0.456 e. The van der Waals surface area contributed by atoms with E-state index in [1.165, 1.54) is 28.9 Å². The van der Waals surface area contributed by atoms with Gasteiger partial charge in [-0.3, -0.25) is 24.0 Å². The zero-order valence-electron chi connectivity index (χ0n) is 32.7. The van der Waals surface area contributed by atoms with Crippen molar-refractivity contribution in [3.8, 4) is 11.3 Å². The molecule has 0 radical (unpaired) electrons. The van der Waals surface area contributed by atoms with Crippen molar-refractivity contribution in [1.29, 1.82) is 0 Å². The Balaban J connectivity index is 1.19. The molecule has 6 rings (SSSR count). The molecule has 2 aliphatic carbocycles. The number of nitrogens with one attached hydrogen (secondary N) is 3. The summed E-state index contributed by atoms with van der Waals surface area (Å²) in [5.41, 5.74) is 6.32. The van der Waals surface area contributed by atoms with E-state index in [1.54, 1.807) is 18.2 Å².